The molecule has 108 valence electrons. The summed E-state index contributed by atoms with van der Waals surface area (Å²) >= 11 is 0. The number of halogens is 2. The first kappa shape index (κ1) is 15.9. The molecule has 1 fully saturated rings. The van der Waals surface area contributed by atoms with E-state index in [1.807, 2.05) is 4.90 Å². The summed E-state index contributed by atoms with van der Waals surface area (Å²) < 4.78 is 26.1. The largest absolute Gasteiger partial charge is 0.286 e. The van der Waals surface area contributed by atoms with Crippen molar-refractivity contribution in [3.63, 3.8) is 0 Å². The fraction of sp³-hybridized carbons (Fsp3) is 1.00. The molecule has 3 heteroatoms. The molecule has 18 heavy (non-hydrogen) atoms. The molecule has 0 N–H and O–H groups in total. The highest BCUT2D eigenvalue weighted by Crippen LogP contribution is 2.38. The second-order valence-corrected chi connectivity index (χ2v) is 6.12. The predicted molar refractivity (Wildman–Crippen MR) is 73.2 cm³/mol. The van der Waals surface area contributed by atoms with Crippen LogP contribution < -0.4 is 0 Å². The van der Waals surface area contributed by atoms with Crippen molar-refractivity contribution in [3.8, 4) is 0 Å². The summed E-state index contributed by atoms with van der Waals surface area (Å²) in [4.78, 5) is 2.01. The maximum atomic E-state index is 13.0. The number of likely N-dealkylation sites (tertiary alicyclic amines) is 1. The molecule has 0 aromatic carbocycles. The van der Waals surface area contributed by atoms with E-state index in [1.165, 1.54) is 25.7 Å². The topological polar surface area (TPSA) is 3.24 Å². The van der Waals surface area contributed by atoms with Crippen LogP contribution in [0.4, 0.5) is 8.78 Å². The van der Waals surface area contributed by atoms with E-state index in [1.54, 1.807) is 0 Å². The molecule has 0 amide bonds. The monoisotopic (exact) mass is 261 g/mol. The van der Waals surface area contributed by atoms with Gasteiger partial charge in [0.25, 0.3) is 5.92 Å². The molecule has 0 bridgehead atoms. The number of hydrogen-bond donors (Lipinski definition) is 0. The van der Waals surface area contributed by atoms with Gasteiger partial charge < -0.3 is 0 Å². The third-order valence-corrected chi connectivity index (χ3v) is 4.25. The molecule has 1 aliphatic heterocycles. The maximum Gasteiger partial charge on any atom is 0.272 e. The Labute approximate surface area is 111 Å². The van der Waals surface area contributed by atoms with E-state index in [-0.39, 0.29) is 18.6 Å². The number of alkyl halides is 2. The van der Waals surface area contributed by atoms with Crippen molar-refractivity contribution >= 4 is 0 Å². The van der Waals surface area contributed by atoms with E-state index in [9.17, 15) is 8.78 Å². The maximum absolute atomic E-state index is 13.0. The van der Waals surface area contributed by atoms with Crippen LogP contribution in [-0.4, -0.2) is 29.5 Å². The van der Waals surface area contributed by atoms with Gasteiger partial charge in [0, 0.05) is 5.54 Å². The van der Waals surface area contributed by atoms with Crippen molar-refractivity contribution < 1.29 is 8.78 Å². The summed E-state index contributed by atoms with van der Waals surface area (Å²) in [5.74, 6) is -2.43. The molecule has 1 aliphatic rings. The van der Waals surface area contributed by atoms with Crippen LogP contribution in [-0.2, 0) is 0 Å². The molecule has 1 rings (SSSR count). The summed E-state index contributed by atoms with van der Waals surface area (Å²) in [6.07, 6.45) is 9.34. The quantitative estimate of drug-likeness (QED) is 0.536. The van der Waals surface area contributed by atoms with Gasteiger partial charge in [-0.2, -0.15) is 0 Å². The lowest BCUT2D eigenvalue weighted by Gasteiger charge is -2.51. The van der Waals surface area contributed by atoms with Gasteiger partial charge in [-0.05, 0) is 19.8 Å². The van der Waals surface area contributed by atoms with Gasteiger partial charge in [0.2, 0.25) is 0 Å². The molecule has 1 unspecified atom stereocenters. The van der Waals surface area contributed by atoms with Crippen LogP contribution in [0.5, 0.6) is 0 Å². The fourth-order valence-electron chi connectivity index (χ4n) is 2.83. The average molecular weight is 261 g/mol. The highest BCUT2D eigenvalue weighted by atomic mass is 19.3. The Bertz CT molecular complexity index is 235. The highest BCUT2D eigenvalue weighted by molar-refractivity contribution is 4.98. The first-order valence-electron chi connectivity index (χ1n) is 7.56. The zero-order chi connectivity index (χ0) is 13.6. The fourth-order valence-corrected chi connectivity index (χ4v) is 2.83. The number of nitrogens with zero attached hydrogens (tertiary/aromatic N) is 1. The van der Waals surface area contributed by atoms with Gasteiger partial charge in [0.05, 0.1) is 13.1 Å². The lowest BCUT2D eigenvalue weighted by atomic mass is 9.84. The van der Waals surface area contributed by atoms with Crippen LogP contribution in [0.1, 0.15) is 72.1 Å². The minimum absolute atomic E-state index is 0.00539. The van der Waals surface area contributed by atoms with Crippen molar-refractivity contribution in [2.75, 3.05) is 13.1 Å². The molecule has 1 heterocycles. The normalized spacial score (nSPS) is 22.5. The van der Waals surface area contributed by atoms with Crippen LogP contribution >= 0.6 is 0 Å². The molecule has 1 saturated heterocycles. The Morgan fingerprint density at radius 1 is 0.944 bits per heavy atom. The van der Waals surface area contributed by atoms with E-state index in [0.29, 0.717) is 0 Å². The van der Waals surface area contributed by atoms with Crippen LogP contribution in [0.15, 0.2) is 0 Å². The van der Waals surface area contributed by atoms with Crippen LogP contribution in [0, 0.1) is 0 Å². The van der Waals surface area contributed by atoms with E-state index >= 15 is 0 Å². The van der Waals surface area contributed by atoms with E-state index < -0.39 is 5.92 Å². The third-order valence-electron chi connectivity index (χ3n) is 4.25. The summed E-state index contributed by atoms with van der Waals surface area (Å²) in [7, 11) is 0. The van der Waals surface area contributed by atoms with Crippen molar-refractivity contribution in [2.45, 2.75) is 83.6 Å². The van der Waals surface area contributed by atoms with Gasteiger partial charge >= 0.3 is 0 Å². The molecule has 0 radical (unpaired) electrons. The first-order chi connectivity index (χ1) is 8.43. The molecule has 1 nitrogen and oxygen atoms in total. The number of hydrogen-bond acceptors (Lipinski definition) is 1. The highest BCUT2D eigenvalue weighted by Gasteiger charge is 2.50. The minimum atomic E-state index is -2.43. The predicted octanol–water partition coefficient (Wildman–Crippen LogP) is 4.86. The SMILES string of the molecule is CCCCCCC(C)(CCCC)N1CC(F)(F)C1. The van der Waals surface area contributed by atoms with Gasteiger partial charge in [-0.3, -0.25) is 4.90 Å². The van der Waals surface area contributed by atoms with Crippen molar-refractivity contribution in [1.29, 1.82) is 0 Å². The Balaban J connectivity index is 2.42. The second-order valence-electron chi connectivity index (χ2n) is 6.12. The molecule has 0 aliphatic carbocycles. The van der Waals surface area contributed by atoms with Crippen molar-refractivity contribution in [1.82, 2.24) is 4.90 Å². The Morgan fingerprint density at radius 2 is 1.50 bits per heavy atom. The zero-order valence-electron chi connectivity index (χ0n) is 12.3. The summed E-state index contributed by atoms with van der Waals surface area (Å²) in [5.41, 5.74) is 0.00539. The molecule has 0 saturated carbocycles. The summed E-state index contributed by atoms with van der Waals surface area (Å²) in [5, 5.41) is 0. The Hall–Kier alpha value is -0.180. The van der Waals surface area contributed by atoms with E-state index in [2.05, 4.69) is 20.8 Å². The molecule has 0 spiro atoms. The molecular formula is C15H29F2N. The van der Waals surface area contributed by atoms with Crippen molar-refractivity contribution in [3.05, 3.63) is 0 Å². The Kier molecular flexibility index (Phi) is 6.03. The van der Waals surface area contributed by atoms with Crippen LogP contribution in [0.2, 0.25) is 0 Å². The van der Waals surface area contributed by atoms with Gasteiger partial charge in [-0.15, -0.1) is 0 Å². The lowest BCUT2D eigenvalue weighted by molar-refractivity contribution is -0.170. The van der Waals surface area contributed by atoms with Crippen LogP contribution in [0.25, 0.3) is 0 Å². The average Bonchev–Trinajstić information content (AvgIpc) is 2.29. The van der Waals surface area contributed by atoms with Gasteiger partial charge in [0.15, 0.2) is 0 Å². The zero-order valence-corrected chi connectivity index (χ0v) is 12.3. The molecular weight excluding hydrogens is 232 g/mol. The van der Waals surface area contributed by atoms with Gasteiger partial charge in [-0.25, -0.2) is 8.78 Å². The van der Waals surface area contributed by atoms with Gasteiger partial charge in [0.1, 0.15) is 0 Å². The van der Waals surface area contributed by atoms with Crippen LogP contribution in [0.3, 0.4) is 0 Å². The lowest BCUT2D eigenvalue weighted by Crippen LogP contribution is -2.64. The smallest absolute Gasteiger partial charge is 0.272 e. The minimum Gasteiger partial charge on any atom is -0.286 e. The van der Waals surface area contributed by atoms with Crippen molar-refractivity contribution in [2.24, 2.45) is 0 Å². The molecule has 0 aromatic rings. The van der Waals surface area contributed by atoms with Gasteiger partial charge in [-0.1, -0.05) is 52.4 Å². The number of unbranched alkanes of at least 4 members (excludes halogenated alkanes) is 4. The molecule has 1 atom stereocenters. The number of rotatable bonds is 9. The standard InChI is InChI=1S/C15H29F2N/c1-4-6-8-9-11-14(3,10-7-5-2)18-12-15(16,17)13-18/h4-13H2,1-3H3. The first-order valence-corrected chi connectivity index (χ1v) is 7.56. The summed E-state index contributed by atoms with van der Waals surface area (Å²) in [6.45, 7) is 6.50. The molecule has 0 aromatic heterocycles. The third kappa shape index (κ3) is 4.49. The Morgan fingerprint density at radius 3 is 2.00 bits per heavy atom. The van der Waals surface area contributed by atoms with E-state index in [4.69, 9.17) is 0 Å². The second kappa shape index (κ2) is 6.83. The summed E-state index contributed by atoms with van der Waals surface area (Å²) in [6, 6.07) is 0. The van der Waals surface area contributed by atoms with E-state index in [0.717, 1.165) is 25.7 Å².